The van der Waals surface area contributed by atoms with Gasteiger partial charge in [0.05, 0.1) is 10.6 Å². The van der Waals surface area contributed by atoms with Crippen LogP contribution in [0.25, 0.3) is 0 Å². The third-order valence-corrected chi connectivity index (χ3v) is 7.85. The van der Waals surface area contributed by atoms with Crippen molar-refractivity contribution in [3.8, 4) is 0 Å². The molecule has 138 valence electrons. The fourth-order valence-corrected chi connectivity index (χ4v) is 6.39. The number of benzene rings is 2. The number of aryl methyl sites for hydroxylation is 2. The summed E-state index contributed by atoms with van der Waals surface area (Å²) in [7, 11) is -3.70. The zero-order valence-corrected chi connectivity index (χ0v) is 16.7. The van der Waals surface area contributed by atoms with Gasteiger partial charge in [-0.1, -0.05) is 42.0 Å². The Morgan fingerprint density at radius 3 is 2.48 bits per heavy atom. The lowest BCUT2D eigenvalue weighted by molar-refractivity contribution is -0.116. The number of nitrogens with one attached hydrogen (secondary N) is 1. The van der Waals surface area contributed by atoms with Gasteiger partial charge in [-0.25, -0.2) is 8.42 Å². The Balaban J connectivity index is 1.83. The van der Waals surface area contributed by atoms with Crippen LogP contribution in [-0.4, -0.2) is 14.3 Å². The van der Waals surface area contributed by atoms with Crippen molar-refractivity contribution in [2.24, 2.45) is 0 Å². The van der Waals surface area contributed by atoms with Crippen molar-refractivity contribution in [2.75, 3.05) is 5.32 Å². The number of rotatable bonds is 3. The van der Waals surface area contributed by atoms with E-state index in [2.05, 4.69) is 5.32 Å². The number of sulfone groups is 1. The van der Waals surface area contributed by atoms with Crippen LogP contribution in [0.1, 0.15) is 33.9 Å². The highest BCUT2D eigenvalue weighted by Gasteiger charge is 2.34. The third kappa shape index (κ3) is 3.19. The van der Waals surface area contributed by atoms with Crippen molar-refractivity contribution >= 4 is 32.8 Å². The fourth-order valence-electron chi connectivity index (χ4n) is 3.38. The van der Waals surface area contributed by atoms with Gasteiger partial charge in [-0.2, -0.15) is 0 Å². The van der Waals surface area contributed by atoms with Crippen molar-refractivity contribution in [3.63, 3.8) is 0 Å². The molecule has 1 N–H and O–H groups in total. The molecule has 27 heavy (non-hydrogen) atoms. The second-order valence-corrected chi connectivity index (χ2v) is 9.70. The number of thiophene rings is 1. The van der Waals surface area contributed by atoms with E-state index in [0.717, 1.165) is 21.6 Å². The second-order valence-electron chi connectivity index (χ2n) is 6.87. The molecule has 1 amide bonds. The van der Waals surface area contributed by atoms with Crippen LogP contribution in [0.5, 0.6) is 0 Å². The molecule has 4 rings (SSSR count). The van der Waals surface area contributed by atoms with E-state index < -0.39 is 9.84 Å². The number of hydrogen-bond donors (Lipinski definition) is 1. The minimum Gasteiger partial charge on any atom is -0.324 e. The van der Waals surface area contributed by atoms with Crippen molar-refractivity contribution in [1.29, 1.82) is 0 Å². The van der Waals surface area contributed by atoms with E-state index >= 15 is 0 Å². The van der Waals surface area contributed by atoms with Crippen molar-refractivity contribution in [3.05, 3.63) is 75.5 Å². The van der Waals surface area contributed by atoms with E-state index in [1.807, 2.05) is 44.2 Å². The summed E-state index contributed by atoms with van der Waals surface area (Å²) < 4.78 is 26.3. The standard InChI is InChI=1S/C21H19NO3S2/c1-13-6-8-15(9-7-13)17-11-19(23)22-20-18(12-26-21(17)20)27(24,25)16-5-3-4-14(2)10-16/h3-10,12,17H,11H2,1-2H3,(H,22,23). The van der Waals surface area contributed by atoms with Gasteiger partial charge >= 0.3 is 0 Å². The first-order valence-electron chi connectivity index (χ1n) is 8.66. The highest BCUT2D eigenvalue weighted by Crippen LogP contribution is 2.45. The van der Waals surface area contributed by atoms with Crippen molar-refractivity contribution in [1.82, 2.24) is 0 Å². The number of anilines is 1. The summed E-state index contributed by atoms with van der Waals surface area (Å²) in [4.78, 5) is 13.7. The van der Waals surface area contributed by atoms with Gasteiger partial charge < -0.3 is 5.32 Å². The number of carbonyl (C=O) groups excluding carboxylic acids is 1. The molecule has 0 radical (unpaired) electrons. The predicted molar refractivity (Wildman–Crippen MR) is 107 cm³/mol. The van der Waals surface area contributed by atoms with Gasteiger partial charge in [-0.3, -0.25) is 4.79 Å². The highest BCUT2D eigenvalue weighted by atomic mass is 32.2. The normalized spacial score (nSPS) is 16.7. The van der Waals surface area contributed by atoms with Crippen LogP contribution in [0.3, 0.4) is 0 Å². The lowest BCUT2D eigenvalue weighted by Crippen LogP contribution is -2.23. The highest BCUT2D eigenvalue weighted by molar-refractivity contribution is 7.91. The molecule has 0 saturated heterocycles. The maximum atomic E-state index is 13.2. The Bertz CT molecular complexity index is 1130. The molecule has 2 heterocycles. The Labute approximate surface area is 162 Å². The molecular weight excluding hydrogens is 378 g/mol. The molecule has 1 aliphatic heterocycles. The SMILES string of the molecule is Cc1ccc(C2CC(=O)Nc3c(S(=O)(=O)c4cccc(C)c4)csc32)cc1. The fraction of sp³-hybridized carbons (Fsp3) is 0.190. The molecule has 3 aromatic rings. The summed E-state index contributed by atoms with van der Waals surface area (Å²) in [6.07, 6.45) is 0.320. The average Bonchev–Trinajstić information content (AvgIpc) is 3.06. The summed E-state index contributed by atoms with van der Waals surface area (Å²) in [6, 6.07) is 14.9. The van der Waals surface area contributed by atoms with Crippen LogP contribution < -0.4 is 5.32 Å². The van der Waals surface area contributed by atoms with E-state index in [9.17, 15) is 13.2 Å². The predicted octanol–water partition coefficient (Wildman–Crippen LogP) is 4.67. The molecule has 1 aromatic heterocycles. The molecule has 0 saturated carbocycles. The average molecular weight is 398 g/mol. The van der Waals surface area contributed by atoms with E-state index in [1.54, 1.807) is 23.6 Å². The Kier molecular flexibility index (Phi) is 4.40. The summed E-state index contributed by atoms with van der Waals surface area (Å²) in [6.45, 7) is 3.87. The Morgan fingerprint density at radius 1 is 1.04 bits per heavy atom. The number of fused-ring (bicyclic) bond motifs is 1. The molecule has 1 atom stereocenters. The molecule has 0 bridgehead atoms. The van der Waals surface area contributed by atoms with Crippen LogP contribution in [0.15, 0.2) is 63.7 Å². The summed E-state index contributed by atoms with van der Waals surface area (Å²) >= 11 is 1.39. The first-order valence-corrected chi connectivity index (χ1v) is 11.0. The van der Waals surface area contributed by atoms with E-state index in [0.29, 0.717) is 12.1 Å². The maximum Gasteiger partial charge on any atom is 0.225 e. The van der Waals surface area contributed by atoms with Gasteiger partial charge in [0.25, 0.3) is 0 Å². The Morgan fingerprint density at radius 2 is 1.78 bits per heavy atom. The minimum absolute atomic E-state index is 0.124. The Hall–Kier alpha value is -2.44. The van der Waals surface area contributed by atoms with E-state index in [4.69, 9.17) is 0 Å². The topological polar surface area (TPSA) is 63.2 Å². The monoisotopic (exact) mass is 397 g/mol. The van der Waals surface area contributed by atoms with E-state index in [1.165, 1.54) is 11.3 Å². The van der Waals surface area contributed by atoms with Crippen LogP contribution in [0, 0.1) is 13.8 Å². The van der Waals surface area contributed by atoms with Gasteiger partial charge in [-0.15, -0.1) is 11.3 Å². The summed E-state index contributed by atoms with van der Waals surface area (Å²) in [5.41, 5.74) is 3.48. The van der Waals surface area contributed by atoms with Crippen LogP contribution in [0.4, 0.5) is 5.69 Å². The molecule has 0 spiro atoms. The first kappa shape index (κ1) is 17.9. The zero-order valence-electron chi connectivity index (χ0n) is 15.0. The second kappa shape index (κ2) is 6.62. The minimum atomic E-state index is -3.70. The van der Waals surface area contributed by atoms with Gasteiger partial charge in [0.2, 0.25) is 15.7 Å². The molecule has 2 aromatic carbocycles. The van der Waals surface area contributed by atoms with Crippen LogP contribution >= 0.6 is 11.3 Å². The lowest BCUT2D eigenvalue weighted by atomic mass is 9.90. The molecular formula is C21H19NO3S2. The smallest absolute Gasteiger partial charge is 0.225 e. The molecule has 1 unspecified atom stereocenters. The summed E-state index contributed by atoms with van der Waals surface area (Å²) in [5, 5.41) is 4.45. The largest absolute Gasteiger partial charge is 0.324 e. The number of carbonyl (C=O) groups is 1. The molecule has 6 heteroatoms. The molecule has 1 aliphatic rings. The number of hydrogen-bond acceptors (Lipinski definition) is 4. The lowest BCUT2D eigenvalue weighted by Gasteiger charge is -2.24. The van der Waals surface area contributed by atoms with Gasteiger partial charge in [0.15, 0.2) is 0 Å². The molecule has 0 aliphatic carbocycles. The van der Waals surface area contributed by atoms with Crippen LogP contribution in [-0.2, 0) is 14.6 Å². The number of amides is 1. The van der Waals surface area contributed by atoms with E-state index in [-0.39, 0.29) is 21.6 Å². The van der Waals surface area contributed by atoms with Crippen LogP contribution in [0.2, 0.25) is 0 Å². The van der Waals surface area contributed by atoms with Gasteiger partial charge in [-0.05, 0) is 37.1 Å². The van der Waals surface area contributed by atoms with Gasteiger partial charge in [0.1, 0.15) is 4.90 Å². The first-order chi connectivity index (χ1) is 12.9. The zero-order chi connectivity index (χ0) is 19.2. The molecule has 0 fully saturated rings. The van der Waals surface area contributed by atoms with Crippen molar-refractivity contribution in [2.45, 2.75) is 36.0 Å². The maximum absolute atomic E-state index is 13.2. The molecule has 4 nitrogen and oxygen atoms in total. The van der Waals surface area contributed by atoms with Crippen molar-refractivity contribution < 1.29 is 13.2 Å². The summed E-state index contributed by atoms with van der Waals surface area (Å²) in [5.74, 6) is -0.284. The van der Waals surface area contributed by atoms with Gasteiger partial charge in [0, 0.05) is 22.6 Å². The third-order valence-electron chi connectivity index (χ3n) is 4.83. The quantitative estimate of drug-likeness (QED) is 0.698.